The molecule has 0 saturated carbocycles. The molecule has 0 aliphatic heterocycles. The second-order valence-electron chi connectivity index (χ2n) is 4.91. The molecule has 5 nitrogen and oxygen atoms in total. The number of benzene rings is 2. The summed E-state index contributed by atoms with van der Waals surface area (Å²) in [7, 11) is 0. The zero-order chi connectivity index (χ0) is 16.9. The zero-order valence-electron chi connectivity index (χ0n) is 12.6. The van der Waals surface area contributed by atoms with Crippen molar-refractivity contribution in [1.82, 2.24) is 10.3 Å². The Balaban J connectivity index is 1.60. The lowest BCUT2D eigenvalue weighted by Gasteiger charge is -1.96. The topological polar surface area (TPSA) is 85.1 Å². The van der Waals surface area contributed by atoms with Gasteiger partial charge < -0.3 is 11.1 Å². The molecular weight excluding hydrogens is 322 g/mol. The summed E-state index contributed by atoms with van der Waals surface area (Å²) in [5.41, 5.74) is 7.17. The van der Waals surface area contributed by atoms with E-state index in [1.165, 1.54) is 11.3 Å². The normalized spacial score (nSPS) is 10.0. The quantitative estimate of drug-likeness (QED) is 0.720. The maximum Gasteiger partial charge on any atom is 0.281 e. The number of fused-ring (bicyclic) bond motifs is 1. The van der Waals surface area contributed by atoms with Crippen LogP contribution < -0.4 is 11.1 Å². The van der Waals surface area contributed by atoms with Crippen molar-refractivity contribution in [3.63, 3.8) is 0 Å². The van der Waals surface area contributed by atoms with Crippen molar-refractivity contribution in [1.29, 1.82) is 0 Å². The third kappa shape index (κ3) is 3.59. The van der Waals surface area contributed by atoms with Gasteiger partial charge >= 0.3 is 0 Å². The summed E-state index contributed by atoms with van der Waals surface area (Å²) >= 11 is 1.35. The largest absolute Gasteiger partial charge is 0.366 e. The third-order valence-corrected chi connectivity index (χ3v) is 4.26. The van der Waals surface area contributed by atoms with E-state index in [1.807, 2.05) is 24.3 Å². The first-order valence-electron chi connectivity index (χ1n) is 7.16. The van der Waals surface area contributed by atoms with Gasteiger partial charge in [0.2, 0.25) is 5.91 Å². The van der Waals surface area contributed by atoms with Gasteiger partial charge in [-0.05, 0) is 36.4 Å². The standard InChI is InChI=1S/C18H13N3O2S/c19-16(22)13-9-7-12(8-10-13)4-3-11-20-17(23)18-21-14-5-1-2-6-15(14)24-18/h1-2,5-10H,11H2,(H2,19,22)(H,20,23). The fourth-order valence-corrected chi connectivity index (χ4v) is 2.92. The average Bonchev–Trinajstić information content (AvgIpc) is 3.03. The van der Waals surface area contributed by atoms with E-state index in [4.69, 9.17) is 5.73 Å². The van der Waals surface area contributed by atoms with Crippen LogP contribution in [-0.4, -0.2) is 23.3 Å². The molecule has 0 atom stereocenters. The summed E-state index contributed by atoms with van der Waals surface area (Å²) < 4.78 is 0.975. The van der Waals surface area contributed by atoms with Crippen molar-refractivity contribution >= 4 is 33.4 Å². The van der Waals surface area contributed by atoms with Gasteiger partial charge in [-0.1, -0.05) is 24.0 Å². The summed E-state index contributed by atoms with van der Waals surface area (Å²) in [4.78, 5) is 27.3. The van der Waals surface area contributed by atoms with Crippen LogP contribution in [0.4, 0.5) is 0 Å². The summed E-state index contributed by atoms with van der Waals surface area (Å²) in [6.07, 6.45) is 0. The lowest BCUT2D eigenvalue weighted by molar-refractivity contribution is 0.0957. The van der Waals surface area contributed by atoms with E-state index in [9.17, 15) is 9.59 Å². The van der Waals surface area contributed by atoms with Crippen molar-refractivity contribution in [2.45, 2.75) is 0 Å². The maximum atomic E-state index is 12.1. The molecule has 3 N–H and O–H groups in total. The number of para-hydroxylation sites is 1. The highest BCUT2D eigenvalue weighted by Crippen LogP contribution is 2.21. The van der Waals surface area contributed by atoms with Crippen LogP contribution in [-0.2, 0) is 0 Å². The smallest absolute Gasteiger partial charge is 0.281 e. The Morgan fingerprint density at radius 2 is 1.88 bits per heavy atom. The molecule has 6 heteroatoms. The third-order valence-electron chi connectivity index (χ3n) is 3.23. The number of primary amides is 1. The first-order valence-corrected chi connectivity index (χ1v) is 7.97. The van der Waals surface area contributed by atoms with Gasteiger partial charge in [0, 0.05) is 11.1 Å². The lowest BCUT2D eigenvalue weighted by Crippen LogP contribution is -2.23. The Labute approximate surface area is 142 Å². The van der Waals surface area contributed by atoms with E-state index >= 15 is 0 Å². The number of amides is 2. The zero-order valence-corrected chi connectivity index (χ0v) is 13.4. The molecule has 0 fully saturated rings. The highest BCUT2D eigenvalue weighted by Gasteiger charge is 2.10. The summed E-state index contributed by atoms with van der Waals surface area (Å²) in [6.45, 7) is 0.215. The van der Waals surface area contributed by atoms with Crippen molar-refractivity contribution < 1.29 is 9.59 Å². The van der Waals surface area contributed by atoms with Crippen LogP contribution in [0.2, 0.25) is 0 Å². The summed E-state index contributed by atoms with van der Waals surface area (Å²) in [5, 5.41) is 3.14. The van der Waals surface area contributed by atoms with E-state index in [1.54, 1.807) is 24.3 Å². The number of nitrogens with two attached hydrogens (primary N) is 1. The van der Waals surface area contributed by atoms with Crippen LogP contribution in [0.5, 0.6) is 0 Å². The maximum absolute atomic E-state index is 12.1. The minimum absolute atomic E-state index is 0.215. The number of hydrogen-bond acceptors (Lipinski definition) is 4. The summed E-state index contributed by atoms with van der Waals surface area (Å²) in [5.74, 6) is 5.06. The van der Waals surface area contributed by atoms with Gasteiger partial charge in [0.25, 0.3) is 5.91 Å². The molecule has 2 aromatic carbocycles. The van der Waals surface area contributed by atoms with Gasteiger partial charge in [-0.2, -0.15) is 0 Å². The monoisotopic (exact) mass is 335 g/mol. The highest BCUT2D eigenvalue weighted by atomic mass is 32.1. The molecule has 0 bridgehead atoms. The van der Waals surface area contributed by atoms with E-state index in [0.717, 1.165) is 15.8 Å². The highest BCUT2D eigenvalue weighted by molar-refractivity contribution is 7.20. The molecule has 0 aliphatic carbocycles. The van der Waals surface area contributed by atoms with Gasteiger partial charge in [-0.3, -0.25) is 9.59 Å². The molecule has 118 valence electrons. The summed E-state index contributed by atoms with van der Waals surface area (Å²) in [6, 6.07) is 14.3. The van der Waals surface area contributed by atoms with Crippen LogP contribution in [0.15, 0.2) is 48.5 Å². The fraction of sp³-hybridized carbons (Fsp3) is 0.0556. The van der Waals surface area contributed by atoms with Crippen molar-refractivity contribution in [2.24, 2.45) is 5.73 Å². The van der Waals surface area contributed by atoms with E-state index < -0.39 is 5.91 Å². The van der Waals surface area contributed by atoms with Crippen LogP contribution >= 0.6 is 11.3 Å². The minimum atomic E-state index is -0.474. The van der Waals surface area contributed by atoms with Gasteiger partial charge in [-0.25, -0.2) is 4.98 Å². The molecular formula is C18H13N3O2S. The van der Waals surface area contributed by atoms with Crippen molar-refractivity contribution in [2.75, 3.05) is 6.54 Å². The molecule has 0 saturated heterocycles. The molecule has 0 spiro atoms. The number of hydrogen-bond donors (Lipinski definition) is 2. The van der Waals surface area contributed by atoms with Gasteiger partial charge in [0.15, 0.2) is 5.01 Å². The van der Waals surface area contributed by atoms with Crippen LogP contribution in [0.25, 0.3) is 10.2 Å². The number of rotatable bonds is 3. The predicted octanol–water partition coefficient (Wildman–Crippen LogP) is 2.18. The molecule has 0 unspecified atom stereocenters. The van der Waals surface area contributed by atoms with Crippen LogP contribution in [0.1, 0.15) is 25.7 Å². The Kier molecular flexibility index (Phi) is 4.54. The number of carbonyl (C=O) groups excluding carboxylic acids is 2. The number of nitrogens with one attached hydrogen (secondary N) is 1. The van der Waals surface area contributed by atoms with E-state index in [0.29, 0.717) is 10.6 Å². The van der Waals surface area contributed by atoms with Crippen molar-refractivity contribution in [3.05, 3.63) is 64.7 Å². The minimum Gasteiger partial charge on any atom is -0.366 e. The molecule has 2 amide bonds. The Morgan fingerprint density at radius 3 is 2.58 bits per heavy atom. The predicted molar refractivity (Wildman–Crippen MR) is 93.8 cm³/mol. The molecule has 1 heterocycles. The van der Waals surface area contributed by atoms with Gasteiger partial charge in [-0.15, -0.1) is 11.3 Å². The van der Waals surface area contributed by atoms with E-state index in [2.05, 4.69) is 22.1 Å². The van der Waals surface area contributed by atoms with Crippen LogP contribution in [0, 0.1) is 11.8 Å². The SMILES string of the molecule is NC(=O)c1ccc(C#CCNC(=O)c2nc3ccccc3s2)cc1. The molecule has 3 aromatic rings. The molecule has 24 heavy (non-hydrogen) atoms. The van der Waals surface area contributed by atoms with Crippen molar-refractivity contribution in [3.8, 4) is 11.8 Å². The second kappa shape index (κ2) is 6.94. The van der Waals surface area contributed by atoms with Crippen LogP contribution in [0.3, 0.4) is 0 Å². The molecule has 3 rings (SSSR count). The molecule has 0 aliphatic rings. The second-order valence-corrected chi connectivity index (χ2v) is 5.94. The number of nitrogens with zero attached hydrogens (tertiary/aromatic N) is 1. The average molecular weight is 335 g/mol. The molecule has 0 radical (unpaired) electrons. The Morgan fingerprint density at radius 1 is 1.12 bits per heavy atom. The fourth-order valence-electron chi connectivity index (χ4n) is 2.03. The first-order chi connectivity index (χ1) is 11.6. The Hall–Kier alpha value is -3.17. The van der Waals surface area contributed by atoms with Gasteiger partial charge in [0.05, 0.1) is 16.8 Å². The van der Waals surface area contributed by atoms with Gasteiger partial charge in [0.1, 0.15) is 0 Å². The Bertz CT molecular complexity index is 932. The number of thiazole rings is 1. The first kappa shape index (κ1) is 15.7. The number of carbonyl (C=O) groups is 2. The molecule has 1 aromatic heterocycles. The van der Waals surface area contributed by atoms with E-state index in [-0.39, 0.29) is 12.5 Å². The lowest BCUT2D eigenvalue weighted by atomic mass is 10.1. The number of aromatic nitrogens is 1.